The zero-order chi connectivity index (χ0) is 35.8. The van der Waals surface area contributed by atoms with Crippen LogP contribution in [0.1, 0.15) is 63.4 Å². The highest BCUT2D eigenvalue weighted by molar-refractivity contribution is 6.35. The second-order valence-corrected chi connectivity index (χ2v) is 15.8. The van der Waals surface area contributed by atoms with Gasteiger partial charge in [-0.2, -0.15) is 15.1 Å². The van der Waals surface area contributed by atoms with E-state index < -0.39 is 17.5 Å². The fourth-order valence-corrected chi connectivity index (χ4v) is 9.98. The van der Waals surface area contributed by atoms with E-state index in [-0.39, 0.29) is 28.5 Å². The molecule has 6 heterocycles. The molecular formula is C37H44ClFN8O5. The van der Waals surface area contributed by atoms with Gasteiger partial charge in [0.1, 0.15) is 28.0 Å². The Hall–Kier alpha value is -4.01. The number of fused-ring (bicyclic) bond motifs is 3. The molecule has 3 unspecified atom stereocenters. The van der Waals surface area contributed by atoms with Crippen LogP contribution in [0.5, 0.6) is 11.9 Å². The number of carbonyl (C=O) groups is 1. The zero-order valence-electron chi connectivity index (χ0n) is 29.8. The maximum atomic E-state index is 17.3. The zero-order valence-corrected chi connectivity index (χ0v) is 30.5. The lowest BCUT2D eigenvalue weighted by Crippen LogP contribution is -2.59. The molecule has 9 rings (SSSR count). The first kappa shape index (κ1) is 33.8. The Morgan fingerprint density at radius 2 is 1.94 bits per heavy atom. The van der Waals surface area contributed by atoms with E-state index in [0.717, 1.165) is 63.5 Å². The van der Waals surface area contributed by atoms with Crippen molar-refractivity contribution in [3.05, 3.63) is 28.7 Å². The highest BCUT2D eigenvalue weighted by atomic mass is 35.5. The van der Waals surface area contributed by atoms with Gasteiger partial charge in [0.25, 0.3) is 0 Å². The van der Waals surface area contributed by atoms with Gasteiger partial charge in [-0.15, -0.1) is 0 Å². The molecule has 5 fully saturated rings. The van der Waals surface area contributed by atoms with Crippen LogP contribution in [-0.2, 0) is 9.47 Å². The highest BCUT2D eigenvalue weighted by Gasteiger charge is 2.52. The van der Waals surface area contributed by atoms with Crippen LogP contribution < -0.4 is 19.7 Å². The van der Waals surface area contributed by atoms with Crippen LogP contribution in [0.25, 0.3) is 33.1 Å². The number of aryl methyl sites for hydroxylation is 1. The van der Waals surface area contributed by atoms with Crippen LogP contribution in [0.3, 0.4) is 0 Å². The van der Waals surface area contributed by atoms with Crippen LogP contribution in [0.15, 0.2) is 12.3 Å². The summed E-state index contributed by atoms with van der Waals surface area (Å²) in [6.45, 7) is 4.71. The van der Waals surface area contributed by atoms with Gasteiger partial charge in [-0.05, 0) is 76.5 Å². The molecule has 3 atom stereocenters. The van der Waals surface area contributed by atoms with Gasteiger partial charge in [-0.3, -0.25) is 10.00 Å². The lowest BCUT2D eigenvalue weighted by atomic mass is 9.73. The maximum absolute atomic E-state index is 17.3. The minimum atomic E-state index is -0.736. The van der Waals surface area contributed by atoms with E-state index in [4.69, 9.17) is 45.5 Å². The SMILES string of the molecule is COc1nc(-c2c(Cl)c(C)cc3[nH]ncc23)c(F)c2nc(OCC34CCCC3N(C3CC(OC)C3)CCC4)nc(N3CCCC4(CNC(=O)O4)C3)c12. The Morgan fingerprint density at radius 3 is 2.73 bits per heavy atom. The predicted molar refractivity (Wildman–Crippen MR) is 193 cm³/mol. The van der Waals surface area contributed by atoms with Crippen LogP contribution in [0, 0.1) is 18.2 Å². The molecule has 0 radical (unpaired) electrons. The quantitative estimate of drug-likeness (QED) is 0.222. The smallest absolute Gasteiger partial charge is 0.407 e. The average Bonchev–Trinajstić information content (AvgIpc) is 3.87. The number of methoxy groups -OCH3 is 2. The number of anilines is 1. The summed E-state index contributed by atoms with van der Waals surface area (Å²) in [4.78, 5) is 31.5. The second-order valence-electron chi connectivity index (χ2n) is 15.4. The van der Waals surface area contributed by atoms with Crippen LogP contribution in [0.4, 0.5) is 15.0 Å². The molecule has 0 bridgehead atoms. The van der Waals surface area contributed by atoms with E-state index in [9.17, 15) is 4.79 Å². The third kappa shape index (κ3) is 5.43. The maximum Gasteiger partial charge on any atom is 0.407 e. The van der Waals surface area contributed by atoms with Gasteiger partial charge in [0.05, 0.1) is 49.6 Å². The van der Waals surface area contributed by atoms with Gasteiger partial charge >= 0.3 is 12.1 Å². The number of rotatable bonds is 8. The molecule has 3 aliphatic heterocycles. The Labute approximate surface area is 305 Å². The number of nitrogens with one attached hydrogen (secondary N) is 2. The number of hydrogen-bond acceptors (Lipinski definition) is 11. The van der Waals surface area contributed by atoms with Crippen molar-refractivity contribution in [2.45, 2.75) is 88.5 Å². The normalized spacial score (nSPS) is 29.0. The Morgan fingerprint density at radius 1 is 1.12 bits per heavy atom. The van der Waals surface area contributed by atoms with Gasteiger partial charge < -0.3 is 29.2 Å². The number of hydrogen-bond donors (Lipinski definition) is 2. The van der Waals surface area contributed by atoms with Gasteiger partial charge in [0.2, 0.25) is 5.88 Å². The first-order valence-electron chi connectivity index (χ1n) is 18.4. The number of carbonyl (C=O) groups excluding carboxylic acids is 1. The summed E-state index contributed by atoms with van der Waals surface area (Å²) >= 11 is 6.89. The molecule has 5 aliphatic rings. The van der Waals surface area contributed by atoms with E-state index in [1.807, 2.05) is 17.9 Å². The number of aromatic nitrogens is 5. The number of nitrogens with zero attached hydrogens (tertiary/aromatic N) is 6. The Bertz CT molecular complexity index is 2060. The Balaban J connectivity index is 1.15. The monoisotopic (exact) mass is 734 g/mol. The number of H-pyrrole nitrogens is 1. The second kappa shape index (κ2) is 12.8. The van der Waals surface area contributed by atoms with Crippen molar-refractivity contribution in [3.8, 4) is 23.1 Å². The molecule has 3 aromatic heterocycles. The summed E-state index contributed by atoms with van der Waals surface area (Å²) in [5, 5.41) is 11.3. The molecule has 1 aromatic carbocycles. The summed E-state index contributed by atoms with van der Waals surface area (Å²) < 4.78 is 41.2. The summed E-state index contributed by atoms with van der Waals surface area (Å²) in [5.41, 5.74) is 1.07. The van der Waals surface area contributed by atoms with Crippen molar-refractivity contribution < 1.29 is 28.1 Å². The third-order valence-corrected chi connectivity index (χ3v) is 12.9. The summed E-state index contributed by atoms with van der Waals surface area (Å²) in [5.74, 6) is -0.0968. The number of alkyl carbamates (subject to hydrolysis) is 1. The summed E-state index contributed by atoms with van der Waals surface area (Å²) in [6.07, 6.45) is 10.6. The van der Waals surface area contributed by atoms with E-state index in [1.54, 1.807) is 13.3 Å². The largest absolute Gasteiger partial charge is 0.480 e. The van der Waals surface area contributed by atoms with Crippen molar-refractivity contribution in [2.24, 2.45) is 5.41 Å². The standard InChI is InChI=1S/C37H44ClFN8O5/c1-20-13-24-23(16-41-45-24)26(28(20)38)30-29(39)31-27(33(42-30)50-3)32(46-11-6-10-37(18-46)17-40-35(48)52-37)44-34(43-31)51-19-36-8-4-7-25(36)47(12-5-9-36)21-14-22(15-21)49-2/h13,16,21-22,25H,4-12,14-15,17-19H2,1-3H3,(H,40,48)(H,41,45). The fraction of sp³-hybridized carbons (Fsp3) is 0.595. The van der Waals surface area contributed by atoms with Crippen LogP contribution in [0.2, 0.25) is 5.02 Å². The van der Waals surface area contributed by atoms with Gasteiger partial charge in [0, 0.05) is 42.1 Å². The number of benzene rings is 1. The number of halogens is 2. The minimum Gasteiger partial charge on any atom is -0.480 e. The first-order chi connectivity index (χ1) is 25.2. The third-order valence-electron chi connectivity index (χ3n) is 12.4. The first-order valence-corrected chi connectivity index (χ1v) is 18.8. The summed E-state index contributed by atoms with van der Waals surface area (Å²) in [7, 11) is 3.29. The molecule has 13 nitrogen and oxygen atoms in total. The van der Waals surface area contributed by atoms with Gasteiger partial charge in [-0.1, -0.05) is 18.0 Å². The number of amides is 1. The van der Waals surface area contributed by atoms with Crippen molar-refractivity contribution in [1.29, 1.82) is 0 Å². The van der Waals surface area contributed by atoms with E-state index in [0.29, 0.717) is 83.5 Å². The van der Waals surface area contributed by atoms with Gasteiger partial charge in [0.15, 0.2) is 5.82 Å². The van der Waals surface area contributed by atoms with Crippen LogP contribution >= 0.6 is 11.6 Å². The molecule has 52 heavy (non-hydrogen) atoms. The lowest BCUT2D eigenvalue weighted by molar-refractivity contribution is -0.0845. The number of piperidine rings is 2. The van der Waals surface area contributed by atoms with Crippen molar-refractivity contribution >= 4 is 45.3 Å². The molecule has 2 saturated carbocycles. The molecule has 3 saturated heterocycles. The molecule has 4 aromatic rings. The number of aromatic amines is 1. The molecule has 2 aliphatic carbocycles. The van der Waals surface area contributed by atoms with Crippen molar-refractivity contribution in [3.63, 3.8) is 0 Å². The lowest BCUT2D eigenvalue weighted by Gasteiger charge is -2.53. The van der Waals surface area contributed by atoms with E-state index >= 15 is 4.39 Å². The topological polar surface area (TPSA) is 140 Å². The molecule has 1 spiro atoms. The molecular weight excluding hydrogens is 691 g/mol. The molecule has 2 N–H and O–H groups in total. The fourth-order valence-electron chi connectivity index (χ4n) is 9.74. The molecule has 276 valence electrons. The van der Waals surface area contributed by atoms with E-state index in [2.05, 4.69) is 20.4 Å². The molecule has 1 amide bonds. The van der Waals surface area contributed by atoms with E-state index in [1.165, 1.54) is 7.11 Å². The Kier molecular flexibility index (Phi) is 8.34. The minimum absolute atomic E-state index is 0.00341. The number of likely N-dealkylation sites (tertiary alicyclic amines) is 1. The summed E-state index contributed by atoms with van der Waals surface area (Å²) in [6, 6.07) is 2.90. The highest BCUT2D eigenvalue weighted by Crippen LogP contribution is 2.51. The molecule has 15 heteroatoms. The van der Waals surface area contributed by atoms with Gasteiger partial charge in [-0.25, -0.2) is 14.2 Å². The van der Waals surface area contributed by atoms with Crippen molar-refractivity contribution in [1.82, 2.24) is 35.4 Å². The van der Waals surface area contributed by atoms with Crippen molar-refractivity contribution in [2.75, 3.05) is 51.9 Å². The average molecular weight is 735 g/mol. The number of pyridine rings is 1. The number of ether oxygens (including phenoxy) is 4. The van der Waals surface area contributed by atoms with Crippen LogP contribution in [-0.4, -0.2) is 107 Å². The predicted octanol–water partition coefficient (Wildman–Crippen LogP) is 5.95.